The maximum atomic E-state index is 11.7. The molecule has 0 aliphatic carbocycles. The van der Waals surface area contributed by atoms with Crippen LogP contribution in [0.25, 0.3) is 0 Å². The van der Waals surface area contributed by atoms with E-state index in [1.165, 1.54) is 0 Å². The van der Waals surface area contributed by atoms with Crippen molar-refractivity contribution in [2.45, 2.75) is 67.5 Å². The number of aliphatic hydroxyl groups excluding tert-OH is 7. The Morgan fingerprint density at radius 2 is 1.62 bits per heavy atom. The molecule has 0 spiro atoms. The Morgan fingerprint density at radius 1 is 0.966 bits per heavy atom. The van der Waals surface area contributed by atoms with Crippen molar-refractivity contribution < 1.29 is 59.5 Å². The first-order valence-electron chi connectivity index (χ1n) is 8.81. The van der Waals surface area contributed by atoms with Crippen molar-refractivity contribution in [1.29, 1.82) is 0 Å². The minimum atomic E-state index is -1.80. The number of carbonyl (C=O) groups is 1. The van der Waals surface area contributed by atoms with Gasteiger partial charge in [-0.3, -0.25) is 4.79 Å². The fraction of sp³-hybridized carbons (Fsp3) is 0.933. The lowest BCUT2D eigenvalue weighted by Gasteiger charge is -2.45. The lowest BCUT2D eigenvalue weighted by atomic mass is 9.97. The summed E-state index contributed by atoms with van der Waals surface area (Å²) >= 11 is 3.85. The van der Waals surface area contributed by atoms with Crippen molar-refractivity contribution in [2.24, 2.45) is 5.73 Å². The Morgan fingerprint density at radius 3 is 2.21 bits per heavy atom. The average molecular weight is 445 g/mol. The smallest absolute Gasteiger partial charge is 0.323 e. The number of ether oxygens (including phenoxy) is 4. The molecule has 0 unspecified atom stereocenters. The fourth-order valence-electron chi connectivity index (χ4n) is 2.90. The number of thiol groups is 1. The fourth-order valence-corrected chi connectivity index (χ4v) is 3.05. The van der Waals surface area contributed by atoms with Gasteiger partial charge in [0.1, 0.15) is 61.5 Å². The number of hydrogen-bond acceptors (Lipinski definition) is 14. The number of hydrogen-bond donors (Lipinski definition) is 9. The number of nitrogens with two attached hydrogens (primary N) is 1. The summed E-state index contributed by atoms with van der Waals surface area (Å²) in [6.45, 7) is -1.26. The quantitative estimate of drug-likeness (QED) is 0.132. The van der Waals surface area contributed by atoms with Crippen LogP contribution in [0.5, 0.6) is 0 Å². The highest BCUT2D eigenvalue weighted by Crippen LogP contribution is 2.28. The van der Waals surface area contributed by atoms with Crippen LogP contribution in [0.2, 0.25) is 0 Å². The molecular formula is C15H27NO12S. The van der Waals surface area contributed by atoms with Crippen LogP contribution in [-0.4, -0.2) is 128 Å². The summed E-state index contributed by atoms with van der Waals surface area (Å²) in [7, 11) is 0. The van der Waals surface area contributed by atoms with Crippen molar-refractivity contribution in [3.63, 3.8) is 0 Å². The summed E-state index contributed by atoms with van der Waals surface area (Å²) in [4.78, 5) is 11.7. The maximum Gasteiger partial charge on any atom is 0.323 e. The van der Waals surface area contributed by atoms with E-state index in [-0.39, 0.29) is 5.75 Å². The van der Waals surface area contributed by atoms with Crippen LogP contribution in [-0.2, 0) is 23.7 Å². The highest BCUT2D eigenvalue weighted by atomic mass is 32.1. The normalized spacial score (nSPS) is 44.3. The second-order valence-corrected chi connectivity index (χ2v) is 7.13. The molecule has 0 aromatic carbocycles. The second kappa shape index (κ2) is 10.6. The molecule has 0 radical (unpaired) electrons. The van der Waals surface area contributed by atoms with E-state index < -0.39 is 86.6 Å². The van der Waals surface area contributed by atoms with E-state index in [0.29, 0.717) is 0 Å². The van der Waals surface area contributed by atoms with Crippen LogP contribution >= 0.6 is 12.6 Å². The van der Waals surface area contributed by atoms with Gasteiger partial charge >= 0.3 is 5.97 Å². The molecule has 0 bridgehead atoms. The van der Waals surface area contributed by atoms with Gasteiger partial charge < -0.3 is 60.4 Å². The van der Waals surface area contributed by atoms with Crippen molar-refractivity contribution >= 4 is 18.6 Å². The van der Waals surface area contributed by atoms with E-state index in [1.54, 1.807) is 0 Å². The van der Waals surface area contributed by atoms with Crippen molar-refractivity contribution in [3.8, 4) is 0 Å². The topological polar surface area (TPSA) is 222 Å². The summed E-state index contributed by atoms with van der Waals surface area (Å²) in [5.41, 5.74) is 5.46. The van der Waals surface area contributed by atoms with E-state index >= 15 is 0 Å². The van der Waals surface area contributed by atoms with Crippen molar-refractivity contribution in [1.82, 2.24) is 0 Å². The SMILES string of the molecule is N[C@@H](CS)C(=O)OC[C@H]1O[C@@H](O[C@H]2[C@H](O)[C@@H](O)[C@@H](O)O[C@@H]2CO)[C@H](O)[C@@H](O)[C@H]1O. The lowest BCUT2D eigenvalue weighted by Crippen LogP contribution is -2.64. The minimum Gasteiger partial charge on any atom is -0.462 e. The van der Waals surface area contributed by atoms with E-state index in [9.17, 15) is 40.5 Å². The number of esters is 1. The van der Waals surface area contributed by atoms with Crippen LogP contribution in [0.3, 0.4) is 0 Å². The van der Waals surface area contributed by atoms with Crippen LogP contribution in [0, 0.1) is 0 Å². The van der Waals surface area contributed by atoms with E-state index in [4.69, 9.17) is 24.7 Å². The Bertz CT molecular complexity index is 541. The molecule has 14 heteroatoms. The molecule has 2 fully saturated rings. The van der Waals surface area contributed by atoms with Gasteiger partial charge in [0.15, 0.2) is 12.6 Å². The molecular weight excluding hydrogens is 418 g/mol. The molecule has 2 heterocycles. The monoisotopic (exact) mass is 445 g/mol. The Hall–Kier alpha value is -0.620. The molecule has 0 saturated carbocycles. The van der Waals surface area contributed by atoms with E-state index in [1.807, 2.05) is 0 Å². The van der Waals surface area contributed by atoms with Crippen molar-refractivity contribution in [3.05, 3.63) is 0 Å². The van der Waals surface area contributed by atoms with Crippen molar-refractivity contribution in [2.75, 3.05) is 19.0 Å². The second-order valence-electron chi connectivity index (χ2n) is 6.76. The Labute approximate surface area is 171 Å². The average Bonchev–Trinajstić information content (AvgIpc) is 2.71. The van der Waals surface area contributed by atoms with E-state index in [0.717, 1.165) is 0 Å². The molecule has 170 valence electrons. The minimum absolute atomic E-state index is 0.0102. The highest BCUT2D eigenvalue weighted by Gasteiger charge is 2.50. The molecule has 2 aliphatic rings. The first-order chi connectivity index (χ1) is 13.6. The van der Waals surface area contributed by atoms with Gasteiger partial charge in [-0.1, -0.05) is 0 Å². The van der Waals surface area contributed by atoms with Crippen LogP contribution < -0.4 is 5.73 Å². The number of rotatable bonds is 7. The maximum absolute atomic E-state index is 11.7. The third-order valence-electron chi connectivity index (χ3n) is 4.69. The van der Waals surface area contributed by atoms with Crippen LogP contribution in [0.4, 0.5) is 0 Å². The molecule has 2 rings (SSSR count). The zero-order valence-electron chi connectivity index (χ0n) is 15.2. The predicted molar refractivity (Wildman–Crippen MR) is 94.3 cm³/mol. The predicted octanol–water partition coefficient (Wildman–Crippen LogP) is -5.59. The lowest BCUT2D eigenvalue weighted by molar-refractivity contribution is -0.355. The van der Waals surface area contributed by atoms with E-state index in [2.05, 4.69) is 12.6 Å². The Kier molecular flexibility index (Phi) is 9.02. The zero-order valence-corrected chi connectivity index (χ0v) is 16.1. The van der Waals surface area contributed by atoms with Gasteiger partial charge in [-0.2, -0.15) is 12.6 Å². The van der Waals surface area contributed by atoms with Gasteiger partial charge in [-0.25, -0.2) is 0 Å². The van der Waals surface area contributed by atoms with Gasteiger partial charge in [-0.15, -0.1) is 0 Å². The molecule has 0 amide bonds. The third-order valence-corrected chi connectivity index (χ3v) is 5.08. The summed E-state index contributed by atoms with van der Waals surface area (Å²) < 4.78 is 20.5. The summed E-state index contributed by atoms with van der Waals surface area (Å²) in [6.07, 6.45) is -16.3. The molecule has 0 aromatic heterocycles. The molecule has 0 aromatic rings. The molecule has 29 heavy (non-hydrogen) atoms. The Balaban J connectivity index is 2.07. The van der Waals surface area contributed by atoms with Gasteiger partial charge in [0.05, 0.1) is 6.61 Å². The molecule has 9 N–H and O–H groups in total. The van der Waals surface area contributed by atoms with Gasteiger partial charge in [0.25, 0.3) is 0 Å². The third kappa shape index (κ3) is 5.55. The van der Waals surface area contributed by atoms with Gasteiger partial charge in [0, 0.05) is 5.75 Å². The van der Waals surface area contributed by atoms with Crippen LogP contribution in [0.15, 0.2) is 0 Å². The standard InChI is InChI=1S/C15H27NO12S/c16-4(3-29)13(23)25-2-6-7(18)8(19)11(22)15(27-6)28-12-5(1-17)26-14(24)10(21)9(12)20/h4-12,14-15,17-22,24,29H,1-3,16H2/t4-,5+,6+,7-,8-,9+,10+,11+,12+,14-,15-/m0/s1. The zero-order chi connectivity index (χ0) is 21.9. The molecule has 2 aliphatic heterocycles. The molecule has 2 saturated heterocycles. The largest absolute Gasteiger partial charge is 0.462 e. The van der Waals surface area contributed by atoms with Crippen LogP contribution in [0.1, 0.15) is 0 Å². The molecule has 11 atom stereocenters. The van der Waals surface area contributed by atoms with Gasteiger partial charge in [0.2, 0.25) is 0 Å². The summed E-state index contributed by atoms with van der Waals surface area (Å²) in [5, 5.41) is 69.0. The number of aliphatic hydroxyl groups is 7. The number of carbonyl (C=O) groups excluding carboxylic acids is 1. The summed E-state index contributed by atoms with van der Waals surface area (Å²) in [5.74, 6) is -0.821. The summed E-state index contributed by atoms with van der Waals surface area (Å²) in [6, 6.07) is -1.02. The first-order valence-corrected chi connectivity index (χ1v) is 9.44. The van der Waals surface area contributed by atoms with Gasteiger partial charge in [-0.05, 0) is 0 Å². The first kappa shape index (κ1) is 24.6. The highest BCUT2D eigenvalue weighted by molar-refractivity contribution is 7.80. The molecule has 13 nitrogen and oxygen atoms in total.